The van der Waals surface area contributed by atoms with Crippen molar-refractivity contribution in [2.75, 3.05) is 13.7 Å². The summed E-state index contributed by atoms with van der Waals surface area (Å²) in [6.07, 6.45) is 1.66. The number of benzene rings is 1. The summed E-state index contributed by atoms with van der Waals surface area (Å²) in [5, 5.41) is 4.23. The van der Waals surface area contributed by atoms with Gasteiger partial charge in [-0.1, -0.05) is 24.3 Å². The van der Waals surface area contributed by atoms with Crippen molar-refractivity contribution in [3.05, 3.63) is 46.5 Å². The summed E-state index contributed by atoms with van der Waals surface area (Å²) >= 11 is 5.30. The van der Waals surface area contributed by atoms with Crippen LogP contribution < -0.4 is 0 Å². The van der Waals surface area contributed by atoms with Crippen LogP contribution in [0, 0.1) is 11.7 Å². The maximum absolute atomic E-state index is 11.7. The van der Waals surface area contributed by atoms with Crippen LogP contribution in [0.2, 0.25) is 0 Å². The van der Waals surface area contributed by atoms with Crippen LogP contribution in [0.4, 0.5) is 0 Å². The van der Waals surface area contributed by atoms with Crippen molar-refractivity contribution in [1.82, 2.24) is 19.2 Å². The molecule has 22 heavy (non-hydrogen) atoms. The van der Waals surface area contributed by atoms with Gasteiger partial charge in [0.15, 0.2) is 4.77 Å². The molecule has 118 valence electrons. The minimum Gasteiger partial charge on any atom is -0.468 e. The second-order valence-electron chi connectivity index (χ2n) is 5.16. The third kappa shape index (κ3) is 4.02. The standard InChI is InChI=1S/C15H20N4O2S/c1-12-6-4-5-7-13(12)8-18(9-14(20)21-3)11-19-15(22)17(2)10-16-19/h4-7,10H,8-9,11H2,1-3H3. The summed E-state index contributed by atoms with van der Waals surface area (Å²) in [5.74, 6) is -0.281. The highest BCUT2D eigenvalue weighted by atomic mass is 32.1. The molecule has 1 heterocycles. The highest BCUT2D eigenvalue weighted by Crippen LogP contribution is 2.11. The summed E-state index contributed by atoms with van der Waals surface area (Å²) in [6, 6.07) is 8.10. The zero-order valence-electron chi connectivity index (χ0n) is 13.0. The summed E-state index contributed by atoms with van der Waals surface area (Å²) in [4.78, 5) is 13.6. The Hall–Kier alpha value is -1.99. The Morgan fingerprint density at radius 2 is 2.14 bits per heavy atom. The number of hydrogen-bond donors (Lipinski definition) is 0. The lowest BCUT2D eigenvalue weighted by atomic mass is 10.1. The molecule has 2 aromatic rings. The number of hydrogen-bond acceptors (Lipinski definition) is 5. The molecule has 0 unspecified atom stereocenters. The summed E-state index contributed by atoms with van der Waals surface area (Å²) in [6.45, 7) is 3.30. The summed E-state index contributed by atoms with van der Waals surface area (Å²) in [5.41, 5.74) is 2.34. The fourth-order valence-electron chi connectivity index (χ4n) is 2.14. The Labute approximate surface area is 134 Å². The SMILES string of the molecule is COC(=O)CN(Cc1ccccc1C)Cn1ncn(C)c1=S. The fourth-order valence-corrected chi connectivity index (χ4v) is 2.29. The molecule has 0 bridgehead atoms. The highest BCUT2D eigenvalue weighted by molar-refractivity contribution is 7.71. The van der Waals surface area contributed by atoms with E-state index in [1.807, 2.05) is 24.1 Å². The zero-order chi connectivity index (χ0) is 16.1. The third-order valence-electron chi connectivity index (χ3n) is 3.46. The number of aromatic nitrogens is 3. The molecule has 0 aliphatic carbocycles. The first kappa shape index (κ1) is 16.4. The molecule has 0 aliphatic rings. The molecule has 7 heteroatoms. The monoisotopic (exact) mass is 320 g/mol. The predicted molar refractivity (Wildman–Crippen MR) is 85.6 cm³/mol. The molecule has 6 nitrogen and oxygen atoms in total. The maximum atomic E-state index is 11.7. The van der Waals surface area contributed by atoms with E-state index in [-0.39, 0.29) is 12.5 Å². The molecule has 2 rings (SSSR count). The molecule has 0 atom stereocenters. The van der Waals surface area contributed by atoms with Gasteiger partial charge in [-0.3, -0.25) is 9.69 Å². The number of esters is 1. The number of rotatable bonds is 6. The van der Waals surface area contributed by atoms with Crippen molar-refractivity contribution in [2.24, 2.45) is 7.05 Å². The van der Waals surface area contributed by atoms with Crippen LogP contribution in [0.15, 0.2) is 30.6 Å². The van der Waals surface area contributed by atoms with Gasteiger partial charge in [-0.25, -0.2) is 4.68 Å². The van der Waals surface area contributed by atoms with Gasteiger partial charge in [0.25, 0.3) is 0 Å². The number of carbonyl (C=O) groups excluding carboxylic acids is 1. The zero-order valence-corrected chi connectivity index (χ0v) is 13.8. The van der Waals surface area contributed by atoms with Gasteiger partial charge >= 0.3 is 5.97 Å². The number of nitrogens with zero attached hydrogens (tertiary/aromatic N) is 4. The van der Waals surface area contributed by atoms with E-state index >= 15 is 0 Å². The van der Waals surface area contributed by atoms with Gasteiger partial charge in [0.2, 0.25) is 0 Å². The third-order valence-corrected chi connectivity index (χ3v) is 3.96. The lowest BCUT2D eigenvalue weighted by Gasteiger charge is -2.21. The average molecular weight is 320 g/mol. The van der Waals surface area contributed by atoms with Crippen molar-refractivity contribution in [1.29, 1.82) is 0 Å². The van der Waals surface area contributed by atoms with E-state index in [2.05, 4.69) is 24.2 Å². The minimum atomic E-state index is -0.281. The number of aryl methyl sites for hydroxylation is 2. The first-order chi connectivity index (χ1) is 10.5. The van der Waals surface area contributed by atoms with Gasteiger partial charge in [-0.05, 0) is 30.3 Å². The second kappa shape index (κ2) is 7.33. The van der Waals surface area contributed by atoms with Crippen LogP contribution >= 0.6 is 12.2 Å². The second-order valence-corrected chi connectivity index (χ2v) is 5.52. The van der Waals surface area contributed by atoms with Crippen molar-refractivity contribution < 1.29 is 9.53 Å². The number of methoxy groups -OCH3 is 1. The molecule has 0 aliphatic heterocycles. The van der Waals surface area contributed by atoms with Gasteiger partial charge in [0.05, 0.1) is 20.3 Å². The van der Waals surface area contributed by atoms with E-state index in [1.165, 1.54) is 12.7 Å². The number of carbonyl (C=O) groups is 1. The normalized spacial score (nSPS) is 10.9. The van der Waals surface area contributed by atoms with Gasteiger partial charge in [0, 0.05) is 13.6 Å². The molecule has 0 saturated heterocycles. The lowest BCUT2D eigenvalue weighted by molar-refractivity contribution is -0.142. The van der Waals surface area contributed by atoms with Gasteiger partial charge < -0.3 is 9.30 Å². The van der Waals surface area contributed by atoms with Gasteiger partial charge in [-0.2, -0.15) is 5.10 Å². The smallest absolute Gasteiger partial charge is 0.319 e. The Balaban J connectivity index is 2.19. The molecule has 0 N–H and O–H groups in total. The summed E-state index contributed by atoms with van der Waals surface area (Å²) in [7, 11) is 3.23. The van der Waals surface area contributed by atoms with Crippen LogP contribution in [-0.2, 0) is 29.8 Å². The van der Waals surface area contributed by atoms with Crippen molar-refractivity contribution in [2.45, 2.75) is 20.1 Å². The Morgan fingerprint density at radius 3 is 2.73 bits per heavy atom. The average Bonchev–Trinajstić information content (AvgIpc) is 2.81. The van der Waals surface area contributed by atoms with E-state index in [0.29, 0.717) is 18.0 Å². The largest absolute Gasteiger partial charge is 0.468 e. The molecule has 0 amide bonds. The fraction of sp³-hybridized carbons (Fsp3) is 0.400. The Morgan fingerprint density at radius 1 is 1.41 bits per heavy atom. The van der Waals surface area contributed by atoms with Crippen molar-refractivity contribution in [3.63, 3.8) is 0 Å². The Kier molecular flexibility index (Phi) is 5.46. The molecule has 1 aromatic carbocycles. The van der Waals surface area contributed by atoms with Crippen molar-refractivity contribution in [3.8, 4) is 0 Å². The van der Waals surface area contributed by atoms with Gasteiger partial charge in [-0.15, -0.1) is 0 Å². The molecule has 0 fully saturated rings. The van der Waals surface area contributed by atoms with Crippen LogP contribution in [0.1, 0.15) is 11.1 Å². The molecular formula is C15H20N4O2S. The van der Waals surface area contributed by atoms with E-state index < -0.39 is 0 Å². The molecule has 0 radical (unpaired) electrons. The van der Waals surface area contributed by atoms with E-state index in [1.54, 1.807) is 15.6 Å². The topological polar surface area (TPSA) is 52.3 Å². The molecular weight excluding hydrogens is 300 g/mol. The molecule has 0 spiro atoms. The van der Waals surface area contributed by atoms with Gasteiger partial charge in [0.1, 0.15) is 6.33 Å². The van der Waals surface area contributed by atoms with Crippen LogP contribution in [0.5, 0.6) is 0 Å². The lowest BCUT2D eigenvalue weighted by Crippen LogP contribution is -2.32. The predicted octanol–water partition coefficient (Wildman–Crippen LogP) is 1.89. The van der Waals surface area contributed by atoms with Crippen molar-refractivity contribution >= 4 is 18.2 Å². The maximum Gasteiger partial charge on any atom is 0.319 e. The van der Waals surface area contributed by atoms with E-state index in [9.17, 15) is 4.79 Å². The quantitative estimate of drug-likeness (QED) is 0.601. The van der Waals surface area contributed by atoms with Crippen LogP contribution in [0.3, 0.4) is 0 Å². The molecule has 0 saturated carbocycles. The number of ether oxygens (including phenoxy) is 1. The molecule has 1 aromatic heterocycles. The van der Waals surface area contributed by atoms with E-state index in [4.69, 9.17) is 17.0 Å². The minimum absolute atomic E-state index is 0.184. The Bertz CT molecular complexity index is 708. The van der Waals surface area contributed by atoms with Crippen LogP contribution in [0.25, 0.3) is 0 Å². The highest BCUT2D eigenvalue weighted by Gasteiger charge is 2.14. The first-order valence-electron chi connectivity index (χ1n) is 6.93. The summed E-state index contributed by atoms with van der Waals surface area (Å²) < 4.78 is 8.85. The van der Waals surface area contributed by atoms with Crippen LogP contribution in [-0.4, -0.2) is 38.9 Å². The first-order valence-corrected chi connectivity index (χ1v) is 7.34. The van der Waals surface area contributed by atoms with E-state index in [0.717, 1.165) is 5.56 Å².